The number of hydrogen-bond donors (Lipinski definition) is 1. The van der Waals surface area contributed by atoms with Crippen LogP contribution >= 0.6 is 11.8 Å². The van der Waals surface area contributed by atoms with Crippen molar-refractivity contribution in [2.24, 2.45) is 0 Å². The van der Waals surface area contributed by atoms with Crippen molar-refractivity contribution < 1.29 is 14.3 Å². The number of benzene rings is 2. The average molecular weight is 345 g/mol. The molecule has 0 unspecified atom stereocenters. The lowest BCUT2D eigenvalue weighted by Crippen LogP contribution is -2.28. The number of methoxy groups -OCH3 is 2. The van der Waals surface area contributed by atoms with Gasteiger partial charge in [-0.25, -0.2) is 0 Å². The molecule has 2 aromatic carbocycles. The van der Waals surface area contributed by atoms with Crippen LogP contribution in [0.25, 0.3) is 0 Å². The van der Waals surface area contributed by atoms with Gasteiger partial charge in [0.2, 0.25) is 5.91 Å². The Kier molecular flexibility index (Phi) is 7.00. The Hall–Kier alpha value is -2.14. The molecule has 0 aromatic heterocycles. The predicted molar refractivity (Wildman–Crippen MR) is 98.7 cm³/mol. The fraction of sp³-hybridized carbons (Fsp3) is 0.316. The predicted octanol–water partition coefficient (Wildman–Crippen LogP) is 3.81. The van der Waals surface area contributed by atoms with Crippen molar-refractivity contribution in [3.63, 3.8) is 0 Å². The Labute approximate surface area is 147 Å². The number of amides is 1. The van der Waals surface area contributed by atoms with Gasteiger partial charge in [0.25, 0.3) is 0 Å². The van der Waals surface area contributed by atoms with Crippen molar-refractivity contribution >= 4 is 17.7 Å². The number of hydrogen-bond acceptors (Lipinski definition) is 4. The highest BCUT2D eigenvalue weighted by molar-refractivity contribution is 7.99. The number of carbonyl (C=O) groups excluding carboxylic acids is 1. The number of rotatable bonds is 8. The van der Waals surface area contributed by atoms with Gasteiger partial charge in [-0.05, 0) is 42.3 Å². The van der Waals surface area contributed by atoms with Gasteiger partial charge in [-0.1, -0.05) is 24.3 Å². The molecule has 0 heterocycles. The van der Waals surface area contributed by atoms with E-state index in [1.165, 1.54) is 5.56 Å². The first-order valence-electron chi connectivity index (χ1n) is 7.76. The van der Waals surface area contributed by atoms with E-state index in [0.717, 1.165) is 22.8 Å². The smallest absolute Gasteiger partial charge is 0.230 e. The van der Waals surface area contributed by atoms with Crippen molar-refractivity contribution in [3.8, 4) is 11.5 Å². The van der Waals surface area contributed by atoms with E-state index in [0.29, 0.717) is 5.75 Å². The molecular formula is C19H23NO3S. The SMILES string of the molecule is COc1ccc(CSCC(=O)N[C@H](C)c2ccc(OC)cc2)cc1. The fourth-order valence-electron chi connectivity index (χ4n) is 2.24. The topological polar surface area (TPSA) is 47.6 Å². The molecule has 2 rings (SSSR count). The Balaban J connectivity index is 1.75. The highest BCUT2D eigenvalue weighted by Crippen LogP contribution is 2.19. The maximum absolute atomic E-state index is 12.1. The van der Waals surface area contributed by atoms with Crippen molar-refractivity contribution in [2.45, 2.75) is 18.7 Å². The monoisotopic (exact) mass is 345 g/mol. The lowest BCUT2D eigenvalue weighted by Gasteiger charge is -2.14. The summed E-state index contributed by atoms with van der Waals surface area (Å²) < 4.78 is 10.3. The van der Waals surface area contributed by atoms with Crippen LogP contribution in [-0.4, -0.2) is 25.9 Å². The maximum Gasteiger partial charge on any atom is 0.230 e. The molecule has 0 aliphatic carbocycles. The molecule has 1 amide bonds. The summed E-state index contributed by atoms with van der Waals surface area (Å²) in [6.45, 7) is 1.98. The van der Waals surface area contributed by atoms with Crippen LogP contribution in [0, 0.1) is 0 Å². The van der Waals surface area contributed by atoms with Gasteiger partial charge in [-0.3, -0.25) is 4.79 Å². The molecule has 0 saturated carbocycles. The van der Waals surface area contributed by atoms with Crippen molar-refractivity contribution in [2.75, 3.05) is 20.0 Å². The van der Waals surface area contributed by atoms with E-state index in [9.17, 15) is 4.79 Å². The van der Waals surface area contributed by atoms with E-state index in [-0.39, 0.29) is 11.9 Å². The minimum absolute atomic E-state index is 0.0232. The molecule has 0 bridgehead atoms. The second kappa shape index (κ2) is 9.23. The summed E-state index contributed by atoms with van der Waals surface area (Å²) in [4.78, 5) is 12.1. The van der Waals surface area contributed by atoms with Gasteiger partial charge >= 0.3 is 0 Å². The number of ether oxygens (including phenoxy) is 2. The zero-order chi connectivity index (χ0) is 17.4. The van der Waals surface area contributed by atoms with E-state index in [1.54, 1.807) is 26.0 Å². The Bertz CT molecular complexity index is 641. The lowest BCUT2D eigenvalue weighted by molar-refractivity contribution is -0.119. The minimum atomic E-state index is -0.0232. The van der Waals surface area contributed by atoms with Crippen LogP contribution in [0.2, 0.25) is 0 Å². The zero-order valence-corrected chi connectivity index (χ0v) is 15.1. The van der Waals surface area contributed by atoms with Gasteiger partial charge in [0, 0.05) is 5.75 Å². The van der Waals surface area contributed by atoms with Crippen LogP contribution < -0.4 is 14.8 Å². The normalized spacial score (nSPS) is 11.6. The summed E-state index contributed by atoms with van der Waals surface area (Å²) in [5, 5.41) is 3.02. The molecule has 4 nitrogen and oxygen atoms in total. The van der Waals surface area contributed by atoms with Gasteiger partial charge in [-0.2, -0.15) is 0 Å². The maximum atomic E-state index is 12.1. The van der Waals surface area contributed by atoms with E-state index >= 15 is 0 Å². The molecule has 0 saturated heterocycles. The molecule has 0 fully saturated rings. The average Bonchev–Trinajstić information content (AvgIpc) is 2.62. The molecule has 1 N–H and O–H groups in total. The summed E-state index contributed by atoms with van der Waals surface area (Å²) in [6, 6.07) is 15.6. The highest BCUT2D eigenvalue weighted by Gasteiger charge is 2.09. The third kappa shape index (κ3) is 5.49. The first-order valence-corrected chi connectivity index (χ1v) is 8.92. The Morgan fingerprint density at radius 3 is 2.08 bits per heavy atom. The highest BCUT2D eigenvalue weighted by atomic mass is 32.2. The second-order valence-electron chi connectivity index (χ2n) is 5.40. The molecule has 0 aliphatic heterocycles. The van der Waals surface area contributed by atoms with Crippen molar-refractivity contribution in [1.29, 1.82) is 0 Å². The summed E-state index contributed by atoms with van der Waals surface area (Å²) in [6.07, 6.45) is 0. The van der Waals surface area contributed by atoms with Gasteiger partial charge < -0.3 is 14.8 Å². The molecule has 0 aliphatic rings. The van der Waals surface area contributed by atoms with Crippen LogP contribution in [0.4, 0.5) is 0 Å². The molecule has 5 heteroatoms. The summed E-state index contributed by atoms with van der Waals surface area (Å²) in [5.41, 5.74) is 2.24. The van der Waals surface area contributed by atoms with Gasteiger partial charge in [0.1, 0.15) is 11.5 Å². The lowest BCUT2D eigenvalue weighted by atomic mass is 10.1. The molecule has 0 spiro atoms. The Morgan fingerprint density at radius 2 is 1.54 bits per heavy atom. The van der Waals surface area contributed by atoms with Crippen molar-refractivity contribution in [1.82, 2.24) is 5.32 Å². The van der Waals surface area contributed by atoms with Crippen LogP contribution in [0.15, 0.2) is 48.5 Å². The van der Waals surface area contributed by atoms with E-state index < -0.39 is 0 Å². The van der Waals surface area contributed by atoms with Crippen LogP contribution in [-0.2, 0) is 10.5 Å². The third-order valence-electron chi connectivity index (χ3n) is 3.65. The summed E-state index contributed by atoms with van der Waals surface area (Å²) >= 11 is 1.60. The second-order valence-corrected chi connectivity index (χ2v) is 6.39. The van der Waals surface area contributed by atoms with Crippen LogP contribution in [0.5, 0.6) is 11.5 Å². The molecular weight excluding hydrogens is 322 g/mol. The Morgan fingerprint density at radius 1 is 1.00 bits per heavy atom. The van der Waals surface area contributed by atoms with Crippen LogP contribution in [0.1, 0.15) is 24.1 Å². The first kappa shape index (κ1) is 18.2. The molecule has 1 atom stereocenters. The third-order valence-corrected chi connectivity index (χ3v) is 4.66. The zero-order valence-electron chi connectivity index (χ0n) is 14.2. The summed E-state index contributed by atoms with van der Waals surface area (Å²) in [5.74, 6) is 2.93. The van der Waals surface area contributed by atoms with Gasteiger partial charge in [-0.15, -0.1) is 11.8 Å². The van der Waals surface area contributed by atoms with Crippen molar-refractivity contribution in [3.05, 3.63) is 59.7 Å². The molecule has 2 aromatic rings. The van der Waals surface area contributed by atoms with E-state index in [4.69, 9.17) is 9.47 Å². The van der Waals surface area contributed by atoms with Crippen LogP contribution in [0.3, 0.4) is 0 Å². The summed E-state index contributed by atoms with van der Waals surface area (Å²) in [7, 11) is 3.29. The number of carbonyl (C=O) groups is 1. The van der Waals surface area contributed by atoms with E-state index in [1.807, 2.05) is 55.5 Å². The quantitative estimate of drug-likeness (QED) is 0.790. The minimum Gasteiger partial charge on any atom is -0.497 e. The largest absolute Gasteiger partial charge is 0.497 e. The number of thioether (sulfide) groups is 1. The molecule has 128 valence electrons. The van der Waals surface area contributed by atoms with Gasteiger partial charge in [0.05, 0.1) is 26.0 Å². The standard InChI is InChI=1S/C19H23NO3S/c1-14(16-6-10-18(23-3)11-7-16)20-19(21)13-24-12-15-4-8-17(22-2)9-5-15/h4-11,14H,12-13H2,1-3H3,(H,20,21)/t14-/m1/s1. The fourth-order valence-corrected chi connectivity index (χ4v) is 3.04. The van der Waals surface area contributed by atoms with E-state index in [2.05, 4.69) is 5.32 Å². The molecule has 0 radical (unpaired) electrons. The first-order chi connectivity index (χ1) is 11.6. The number of nitrogens with one attached hydrogen (secondary N) is 1. The van der Waals surface area contributed by atoms with Gasteiger partial charge in [0.15, 0.2) is 0 Å². The molecule has 24 heavy (non-hydrogen) atoms.